The Labute approximate surface area is 95.4 Å². The number of rotatable bonds is 0. The molecule has 1 nitrogen and oxygen atoms in total. The molecule has 0 amide bonds. The van der Waals surface area contributed by atoms with Crippen molar-refractivity contribution in [2.75, 3.05) is 0 Å². The molecular weight excluding hydrogens is 196 g/mol. The summed E-state index contributed by atoms with van der Waals surface area (Å²) < 4.78 is 0. The average molecular weight is 210 g/mol. The maximum absolute atomic E-state index is 9.88. The van der Waals surface area contributed by atoms with Gasteiger partial charge < -0.3 is 5.11 Å². The van der Waals surface area contributed by atoms with Gasteiger partial charge in [-0.1, -0.05) is 44.2 Å². The van der Waals surface area contributed by atoms with Crippen molar-refractivity contribution in [3.8, 4) is 16.9 Å². The van der Waals surface area contributed by atoms with E-state index in [1.165, 1.54) is 11.1 Å². The van der Waals surface area contributed by atoms with Gasteiger partial charge in [0, 0.05) is 11.0 Å². The lowest BCUT2D eigenvalue weighted by Crippen LogP contribution is -2.17. The largest absolute Gasteiger partial charge is 0.507 e. The molecule has 1 heteroatoms. The lowest BCUT2D eigenvalue weighted by atomic mass is 9.79. The van der Waals surface area contributed by atoms with E-state index in [4.69, 9.17) is 0 Å². The summed E-state index contributed by atoms with van der Waals surface area (Å²) in [5.41, 5.74) is 4.59. The van der Waals surface area contributed by atoms with Crippen LogP contribution in [0.2, 0.25) is 0 Å². The average Bonchev–Trinajstić information content (AvgIpc) is 2.34. The van der Waals surface area contributed by atoms with Crippen molar-refractivity contribution in [1.29, 1.82) is 0 Å². The summed E-state index contributed by atoms with van der Waals surface area (Å²) in [7, 11) is 0. The highest BCUT2D eigenvalue weighted by molar-refractivity contribution is 5.74. The van der Waals surface area contributed by atoms with Gasteiger partial charge in [-0.3, -0.25) is 0 Å². The number of aromatic hydroxyl groups is 1. The van der Waals surface area contributed by atoms with Gasteiger partial charge in [0.2, 0.25) is 0 Å². The van der Waals surface area contributed by atoms with Crippen LogP contribution in [0.5, 0.6) is 5.75 Å². The lowest BCUT2D eigenvalue weighted by Gasteiger charge is -2.24. The zero-order valence-electron chi connectivity index (χ0n) is 9.49. The molecule has 1 N–H and O–H groups in total. The van der Waals surface area contributed by atoms with E-state index < -0.39 is 0 Å². The van der Waals surface area contributed by atoms with Gasteiger partial charge >= 0.3 is 0 Å². The predicted molar refractivity (Wildman–Crippen MR) is 65.7 cm³/mol. The Hall–Kier alpha value is -1.76. The van der Waals surface area contributed by atoms with Crippen LogP contribution in [0.25, 0.3) is 11.1 Å². The number of hydrogen-bond acceptors (Lipinski definition) is 1. The van der Waals surface area contributed by atoms with Crippen LogP contribution >= 0.6 is 0 Å². The van der Waals surface area contributed by atoms with Crippen LogP contribution in [0.4, 0.5) is 0 Å². The van der Waals surface area contributed by atoms with E-state index in [0.717, 1.165) is 11.1 Å². The van der Waals surface area contributed by atoms with Gasteiger partial charge in [0.05, 0.1) is 0 Å². The maximum atomic E-state index is 9.88. The van der Waals surface area contributed by atoms with Gasteiger partial charge in [-0.25, -0.2) is 0 Å². The Kier molecular flexibility index (Phi) is 1.70. The molecule has 4 bridgehead atoms. The first kappa shape index (κ1) is 9.46. The zero-order valence-corrected chi connectivity index (χ0v) is 9.49. The molecule has 0 saturated carbocycles. The molecule has 0 spiro atoms. The first-order valence-corrected chi connectivity index (χ1v) is 5.53. The van der Waals surface area contributed by atoms with Gasteiger partial charge in [0.15, 0.2) is 0 Å². The minimum absolute atomic E-state index is 0.00889. The molecule has 1 aliphatic rings. The van der Waals surface area contributed by atoms with E-state index in [-0.39, 0.29) is 5.41 Å². The molecule has 2 aromatic rings. The van der Waals surface area contributed by atoms with Crippen molar-refractivity contribution in [3.63, 3.8) is 0 Å². The Morgan fingerprint density at radius 2 is 1.69 bits per heavy atom. The van der Waals surface area contributed by atoms with E-state index in [9.17, 15) is 5.11 Å². The topological polar surface area (TPSA) is 20.2 Å². The second-order valence-electron chi connectivity index (χ2n) is 4.94. The van der Waals surface area contributed by atoms with Crippen molar-refractivity contribution in [3.05, 3.63) is 53.6 Å². The van der Waals surface area contributed by atoms with Crippen LogP contribution < -0.4 is 0 Å². The molecule has 16 heavy (non-hydrogen) atoms. The van der Waals surface area contributed by atoms with E-state index in [1.807, 2.05) is 12.1 Å². The Morgan fingerprint density at radius 3 is 2.50 bits per heavy atom. The van der Waals surface area contributed by atoms with Crippen LogP contribution in [0.1, 0.15) is 25.0 Å². The van der Waals surface area contributed by atoms with E-state index in [2.05, 4.69) is 38.1 Å². The van der Waals surface area contributed by atoms with Gasteiger partial charge in [-0.05, 0) is 28.8 Å². The van der Waals surface area contributed by atoms with Crippen molar-refractivity contribution in [1.82, 2.24) is 0 Å². The molecular formula is C15H14O. The van der Waals surface area contributed by atoms with Gasteiger partial charge in [0.1, 0.15) is 5.75 Å². The molecule has 2 aromatic carbocycles. The Balaban J connectivity index is 2.45. The van der Waals surface area contributed by atoms with E-state index in [0.29, 0.717) is 5.75 Å². The number of hydrogen-bond donors (Lipinski definition) is 1. The lowest BCUT2D eigenvalue weighted by molar-refractivity contribution is 0.477. The molecule has 0 aromatic heterocycles. The third-order valence-corrected chi connectivity index (χ3v) is 3.61. The minimum atomic E-state index is 0.00889. The van der Waals surface area contributed by atoms with Gasteiger partial charge in [-0.15, -0.1) is 0 Å². The standard InChI is InChI=1S/C15H14O/c1-15(2)11-5-3-4-10(8-11)13-9-12(15)6-7-14(13)16/h3-9,16H,1-2H3. The number of benzene rings is 2. The summed E-state index contributed by atoms with van der Waals surface area (Å²) in [6.07, 6.45) is 0. The molecule has 0 unspecified atom stereocenters. The Morgan fingerprint density at radius 1 is 0.938 bits per heavy atom. The van der Waals surface area contributed by atoms with Crippen molar-refractivity contribution < 1.29 is 5.11 Å². The summed E-state index contributed by atoms with van der Waals surface area (Å²) in [6, 6.07) is 14.3. The molecule has 1 aliphatic carbocycles. The summed E-state index contributed by atoms with van der Waals surface area (Å²) in [4.78, 5) is 0. The monoisotopic (exact) mass is 210 g/mol. The van der Waals surface area contributed by atoms with Crippen LogP contribution in [-0.4, -0.2) is 5.11 Å². The van der Waals surface area contributed by atoms with Crippen LogP contribution in [0.15, 0.2) is 42.5 Å². The van der Waals surface area contributed by atoms with Crippen molar-refractivity contribution in [2.24, 2.45) is 0 Å². The van der Waals surface area contributed by atoms with E-state index >= 15 is 0 Å². The zero-order chi connectivity index (χ0) is 11.3. The maximum Gasteiger partial charge on any atom is 0.123 e. The number of fused-ring (bicyclic) bond motifs is 5. The molecule has 0 radical (unpaired) electrons. The first-order chi connectivity index (χ1) is 7.59. The molecule has 0 atom stereocenters. The smallest absolute Gasteiger partial charge is 0.123 e. The number of phenols is 1. The highest BCUT2D eigenvalue weighted by Crippen LogP contribution is 2.41. The van der Waals surface area contributed by atoms with Gasteiger partial charge in [0.25, 0.3) is 0 Å². The van der Waals surface area contributed by atoms with Crippen LogP contribution in [-0.2, 0) is 5.41 Å². The van der Waals surface area contributed by atoms with E-state index in [1.54, 1.807) is 6.07 Å². The quantitative estimate of drug-likeness (QED) is 0.703. The summed E-state index contributed by atoms with van der Waals surface area (Å²) >= 11 is 0. The minimum Gasteiger partial charge on any atom is -0.507 e. The van der Waals surface area contributed by atoms with Crippen molar-refractivity contribution in [2.45, 2.75) is 19.3 Å². The predicted octanol–water partition coefficient (Wildman–Crippen LogP) is 3.70. The number of phenolic OH excluding ortho intramolecular Hbond substituents is 1. The first-order valence-electron chi connectivity index (χ1n) is 5.53. The molecule has 0 fully saturated rings. The van der Waals surface area contributed by atoms with Gasteiger partial charge in [-0.2, -0.15) is 0 Å². The molecule has 0 saturated heterocycles. The van der Waals surface area contributed by atoms with Crippen molar-refractivity contribution >= 4 is 0 Å². The second kappa shape index (κ2) is 2.88. The fraction of sp³-hybridized carbons (Fsp3) is 0.200. The fourth-order valence-electron chi connectivity index (χ4n) is 2.40. The molecule has 3 rings (SSSR count). The molecule has 80 valence electrons. The van der Waals surface area contributed by atoms with Crippen LogP contribution in [0, 0.1) is 0 Å². The molecule has 0 heterocycles. The highest BCUT2D eigenvalue weighted by atomic mass is 16.3. The summed E-state index contributed by atoms with van der Waals surface area (Å²) in [5.74, 6) is 0.360. The summed E-state index contributed by atoms with van der Waals surface area (Å²) in [6.45, 7) is 4.43. The molecule has 0 aliphatic heterocycles. The fourth-order valence-corrected chi connectivity index (χ4v) is 2.40. The normalized spacial score (nSPS) is 15.6. The Bertz CT molecular complexity index is 567. The second-order valence-corrected chi connectivity index (χ2v) is 4.94. The summed E-state index contributed by atoms with van der Waals surface area (Å²) in [5, 5.41) is 9.88. The SMILES string of the molecule is CC1(C)c2cccc(c2)-c2cc1ccc2O. The highest BCUT2D eigenvalue weighted by Gasteiger charge is 2.27. The third kappa shape index (κ3) is 1.12. The third-order valence-electron chi connectivity index (χ3n) is 3.61. The van der Waals surface area contributed by atoms with Crippen LogP contribution in [0.3, 0.4) is 0 Å².